The zero-order valence-electron chi connectivity index (χ0n) is 11.6. The predicted molar refractivity (Wildman–Crippen MR) is 82.4 cm³/mol. The van der Waals surface area contributed by atoms with Gasteiger partial charge in [0.25, 0.3) is 5.91 Å². The molecule has 0 unspecified atom stereocenters. The Labute approximate surface area is 119 Å². The summed E-state index contributed by atoms with van der Waals surface area (Å²) in [7, 11) is 0. The third-order valence-corrected chi connectivity index (χ3v) is 3.65. The van der Waals surface area contributed by atoms with Crippen LogP contribution in [0.3, 0.4) is 0 Å². The number of anilines is 2. The number of carbonyl (C=O) groups excluding carboxylic acids is 1. The SMILES string of the molecule is CCNc1ccc(C(=O)N2CCc3ccccc32)cc1. The molecule has 102 valence electrons. The van der Waals surface area contributed by atoms with E-state index < -0.39 is 0 Å². The van der Waals surface area contributed by atoms with E-state index in [-0.39, 0.29) is 5.91 Å². The summed E-state index contributed by atoms with van der Waals surface area (Å²) in [6.07, 6.45) is 0.942. The molecule has 0 aliphatic carbocycles. The number of hydrogen-bond donors (Lipinski definition) is 1. The van der Waals surface area contributed by atoms with Crippen molar-refractivity contribution in [3.8, 4) is 0 Å². The highest BCUT2D eigenvalue weighted by Crippen LogP contribution is 2.28. The summed E-state index contributed by atoms with van der Waals surface area (Å²) in [6.45, 7) is 3.71. The number of nitrogens with one attached hydrogen (secondary N) is 1. The smallest absolute Gasteiger partial charge is 0.258 e. The second-order valence-corrected chi connectivity index (χ2v) is 4.94. The van der Waals surface area contributed by atoms with E-state index in [1.807, 2.05) is 47.4 Å². The monoisotopic (exact) mass is 266 g/mol. The van der Waals surface area contributed by atoms with Gasteiger partial charge in [0.15, 0.2) is 0 Å². The van der Waals surface area contributed by atoms with Gasteiger partial charge in [-0.15, -0.1) is 0 Å². The van der Waals surface area contributed by atoms with Gasteiger partial charge < -0.3 is 10.2 Å². The van der Waals surface area contributed by atoms with Crippen LogP contribution in [0.1, 0.15) is 22.8 Å². The standard InChI is InChI=1S/C17H18N2O/c1-2-18-15-9-7-14(8-10-15)17(20)19-12-11-13-5-3-4-6-16(13)19/h3-10,18H,2,11-12H2,1H3. The maximum absolute atomic E-state index is 12.6. The van der Waals surface area contributed by atoms with Crippen LogP contribution in [0.5, 0.6) is 0 Å². The molecule has 2 aromatic carbocycles. The number of para-hydroxylation sites is 1. The summed E-state index contributed by atoms with van der Waals surface area (Å²) in [6, 6.07) is 15.8. The molecule has 1 aliphatic heterocycles. The first-order valence-corrected chi connectivity index (χ1v) is 7.03. The first-order valence-electron chi connectivity index (χ1n) is 7.03. The maximum Gasteiger partial charge on any atom is 0.258 e. The summed E-state index contributed by atoms with van der Waals surface area (Å²) in [5, 5.41) is 3.23. The van der Waals surface area contributed by atoms with E-state index in [0.717, 1.165) is 36.4 Å². The molecule has 3 nitrogen and oxygen atoms in total. The number of carbonyl (C=O) groups is 1. The van der Waals surface area contributed by atoms with Gasteiger partial charge in [0.1, 0.15) is 0 Å². The molecule has 0 fully saturated rings. The van der Waals surface area contributed by atoms with Crippen molar-refractivity contribution < 1.29 is 4.79 Å². The summed E-state index contributed by atoms with van der Waals surface area (Å²) in [5.41, 5.74) is 4.09. The van der Waals surface area contributed by atoms with Gasteiger partial charge in [0.2, 0.25) is 0 Å². The molecule has 3 heteroatoms. The van der Waals surface area contributed by atoms with Crippen LogP contribution in [-0.4, -0.2) is 19.0 Å². The van der Waals surface area contributed by atoms with Crippen LogP contribution in [0.2, 0.25) is 0 Å². The zero-order valence-corrected chi connectivity index (χ0v) is 11.6. The van der Waals surface area contributed by atoms with Crippen molar-refractivity contribution in [2.24, 2.45) is 0 Å². The molecule has 0 spiro atoms. The van der Waals surface area contributed by atoms with E-state index >= 15 is 0 Å². The molecule has 1 heterocycles. The van der Waals surface area contributed by atoms with Gasteiger partial charge in [-0.2, -0.15) is 0 Å². The second-order valence-electron chi connectivity index (χ2n) is 4.94. The molecule has 0 saturated heterocycles. The second kappa shape index (κ2) is 5.37. The Morgan fingerprint density at radius 1 is 1.15 bits per heavy atom. The van der Waals surface area contributed by atoms with E-state index in [4.69, 9.17) is 0 Å². The fourth-order valence-corrected chi connectivity index (χ4v) is 2.64. The average Bonchev–Trinajstić information content (AvgIpc) is 2.92. The van der Waals surface area contributed by atoms with Crippen LogP contribution < -0.4 is 10.2 Å². The Morgan fingerprint density at radius 3 is 2.65 bits per heavy atom. The molecule has 1 amide bonds. The number of rotatable bonds is 3. The maximum atomic E-state index is 12.6. The Kier molecular flexibility index (Phi) is 3.42. The number of benzene rings is 2. The Hall–Kier alpha value is -2.29. The lowest BCUT2D eigenvalue weighted by Crippen LogP contribution is -2.28. The average molecular weight is 266 g/mol. The van der Waals surface area contributed by atoms with E-state index in [9.17, 15) is 4.79 Å². The molecule has 20 heavy (non-hydrogen) atoms. The molecule has 0 aromatic heterocycles. The predicted octanol–water partition coefficient (Wildman–Crippen LogP) is 3.32. The van der Waals surface area contributed by atoms with E-state index in [1.54, 1.807) is 0 Å². The summed E-state index contributed by atoms with van der Waals surface area (Å²) in [4.78, 5) is 14.5. The quantitative estimate of drug-likeness (QED) is 0.924. The van der Waals surface area contributed by atoms with Gasteiger partial charge in [-0.05, 0) is 49.2 Å². The highest BCUT2D eigenvalue weighted by Gasteiger charge is 2.24. The van der Waals surface area contributed by atoms with Gasteiger partial charge in [0.05, 0.1) is 0 Å². The fourth-order valence-electron chi connectivity index (χ4n) is 2.64. The Bertz CT molecular complexity index is 619. The number of fused-ring (bicyclic) bond motifs is 1. The van der Waals surface area contributed by atoms with Crippen molar-refractivity contribution in [2.75, 3.05) is 23.3 Å². The lowest BCUT2D eigenvalue weighted by molar-refractivity contribution is 0.0989. The van der Waals surface area contributed by atoms with Crippen LogP contribution in [-0.2, 0) is 6.42 Å². The minimum absolute atomic E-state index is 0.0815. The van der Waals surface area contributed by atoms with Crippen molar-refractivity contribution in [3.05, 3.63) is 59.7 Å². The third kappa shape index (κ3) is 2.27. The minimum Gasteiger partial charge on any atom is -0.385 e. The first kappa shape index (κ1) is 12.7. The fraction of sp³-hybridized carbons (Fsp3) is 0.235. The van der Waals surface area contributed by atoms with Gasteiger partial charge in [-0.1, -0.05) is 18.2 Å². The van der Waals surface area contributed by atoms with Gasteiger partial charge in [-0.25, -0.2) is 0 Å². The molecule has 0 bridgehead atoms. The molecule has 3 rings (SSSR count). The molecule has 0 atom stereocenters. The molecule has 0 radical (unpaired) electrons. The van der Waals surface area contributed by atoms with Crippen LogP contribution in [0, 0.1) is 0 Å². The molecular formula is C17H18N2O. The van der Waals surface area contributed by atoms with E-state index in [1.165, 1.54) is 5.56 Å². The van der Waals surface area contributed by atoms with Crippen LogP contribution >= 0.6 is 0 Å². The highest BCUT2D eigenvalue weighted by molar-refractivity contribution is 6.07. The van der Waals surface area contributed by atoms with Crippen molar-refractivity contribution >= 4 is 17.3 Å². The van der Waals surface area contributed by atoms with Crippen molar-refractivity contribution in [3.63, 3.8) is 0 Å². The van der Waals surface area contributed by atoms with E-state index in [2.05, 4.69) is 18.3 Å². The molecular weight excluding hydrogens is 248 g/mol. The van der Waals surface area contributed by atoms with Crippen molar-refractivity contribution in [2.45, 2.75) is 13.3 Å². The van der Waals surface area contributed by atoms with Crippen LogP contribution in [0.4, 0.5) is 11.4 Å². The highest BCUT2D eigenvalue weighted by atomic mass is 16.2. The summed E-state index contributed by atoms with van der Waals surface area (Å²) in [5.74, 6) is 0.0815. The van der Waals surface area contributed by atoms with Crippen molar-refractivity contribution in [1.29, 1.82) is 0 Å². The first-order chi connectivity index (χ1) is 9.79. The topological polar surface area (TPSA) is 32.3 Å². The van der Waals surface area contributed by atoms with Gasteiger partial charge in [-0.3, -0.25) is 4.79 Å². The van der Waals surface area contributed by atoms with E-state index in [0.29, 0.717) is 0 Å². The van der Waals surface area contributed by atoms with Crippen molar-refractivity contribution in [1.82, 2.24) is 0 Å². The lowest BCUT2D eigenvalue weighted by atomic mass is 10.1. The zero-order chi connectivity index (χ0) is 13.9. The normalized spacial score (nSPS) is 13.2. The largest absolute Gasteiger partial charge is 0.385 e. The van der Waals surface area contributed by atoms with Crippen LogP contribution in [0.25, 0.3) is 0 Å². The Balaban J connectivity index is 1.83. The molecule has 1 aliphatic rings. The molecule has 1 N–H and O–H groups in total. The van der Waals surface area contributed by atoms with Gasteiger partial charge in [0, 0.05) is 30.0 Å². The number of amides is 1. The summed E-state index contributed by atoms with van der Waals surface area (Å²) < 4.78 is 0. The molecule has 0 saturated carbocycles. The number of hydrogen-bond acceptors (Lipinski definition) is 2. The minimum atomic E-state index is 0.0815. The van der Waals surface area contributed by atoms with Gasteiger partial charge >= 0.3 is 0 Å². The lowest BCUT2D eigenvalue weighted by Gasteiger charge is -2.17. The summed E-state index contributed by atoms with van der Waals surface area (Å²) >= 11 is 0. The Morgan fingerprint density at radius 2 is 1.90 bits per heavy atom. The number of nitrogens with zero attached hydrogens (tertiary/aromatic N) is 1. The van der Waals surface area contributed by atoms with Crippen LogP contribution in [0.15, 0.2) is 48.5 Å². The molecule has 2 aromatic rings. The third-order valence-electron chi connectivity index (χ3n) is 3.65.